The third-order valence-corrected chi connectivity index (χ3v) is 37.3. The van der Waals surface area contributed by atoms with Crippen LogP contribution in [0.25, 0.3) is 0 Å². The molecule has 38 heteroatoms. The van der Waals surface area contributed by atoms with E-state index in [1.54, 1.807) is 0 Å². The monoisotopic (exact) mass is 1210 g/mol. The number of hydrogen-bond donors (Lipinski definition) is 9. The highest BCUT2D eigenvalue weighted by Gasteiger charge is 2.44. The summed E-state index contributed by atoms with van der Waals surface area (Å²) in [5.41, 5.74) is 0. The average Bonchev–Trinajstić information content (AvgIpc) is 3.43. The number of aliphatic hydroxyl groups excluding tert-OH is 7. The number of rotatable bonds is 24. The summed E-state index contributed by atoms with van der Waals surface area (Å²) in [5.74, 6) is 0.664. The van der Waals surface area contributed by atoms with Crippen molar-refractivity contribution in [2.45, 2.75) is 0 Å². The summed E-state index contributed by atoms with van der Waals surface area (Å²) in [6, 6.07) is 22.7. The zero-order valence-electron chi connectivity index (χ0n) is 39.8. The van der Waals surface area contributed by atoms with E-state index in [1.165, 1.54) is 133 Å². The van der Waals surface area contributed by atoms with E-state index >= 15 is 0 Å². The lowest BCUT2D eigenvalue weighted by atomic mass is 10.3. The third-order valence-electron chi connectivity index (χ3n) is 9.83. The van der Waals surface area contributed by atoms with Gasteiger partial charge in [-0.1, -0.05) is 0 Å². The van der Waals surface area contributed by atoms with Crippen molar-refractivity contribution < 1.29 is 95.7 Å². The van der Waals surface area contributed by atoms with Gasteiger partial charge >= 0.3 is 23.0 Å². The molecule has 4 aromatic rings. The second-order valence-corrected chi connectivity index (χ2v) is 37.5. The fourth-order valence-corrected chi connectivity index (χ4v) is 36.0. The van der Waals surface area contributed by atoms with Crippen molar-refractivity contribution in [1.82, 2.24) is 0 Å². The van der Waals surface area contributed by atoms with E-state index in [1.807, 2.05) is 0 Å². The average molecular weight is 1210 g/mol. The Morgan fingerprint density at radius 3 is 0.797 bits per heavy atom. The Balaban J connectivity index is 1.19. The normalized spacial score (nSPS) is 30.8. The van der Waals surface area contributed by atoms with Gasteiger partial charge in [0.1, 0.15) is 84.9 Å². The molecule has 0 saturated carbocycles. The van der Waals surface area contributed by atoms with Crippen molar-refractivity contribution in [1.29, 1.82) is 0 Å². The minimum absolute atomic E-state index is 0.0286. The summed E-state index contributed by atoms with van der Waals surface area (Å²) in [5, 5.41) is 94.3. The lowest BCUT2D eigenvalue weighted by Gasteiger charge is -2.33. The van der Waals surface area contributed by atoms with Gasteiger partial charge < -0.3 is 95.7 Å². The summed E-state index contributed by atoms with van der Waals surface area (Å²) in [6.07, 6.45) is -5.28. The number of aliphatic hydroxyl groups is 7. The highest BCUT2D eigenvalue weighted by Crippen LogP contribution is 2.81. The standard InChI is InChI=1S/C36H54N9O20P9/c1-55-67(24-48)39-70(27-51,44-73(41-67,58-4)64-34-12-8-30(54)9-13-34)62-33-16-20-36(21-17-33)65-74(59-5)42-68(25-49,56-2)40-71(28-52,45-74)61-32-14-18-35(19-15-32)63-72(57-3)38-66(22-46,23-47)37-69(26-50,43-72)60-31-10-6-29(53)7-11-31/h6-21,46-54H,22-28H2,1-5H3. The Bertz CT molecular complexity index is 3080. The van der Waals surface area contributed by atoms with Gasteiger partial charge in [-0.3, -0.25) is 0 Å². The lowest BCUT2D eigenvalue weighted by molar-refractivity contribution is 0.333. The summed E-state index contributed by atoms with van der Waals surface area (Å²) < 4.78 is 107. The van der Waals surface area contributed by atoms with E-state index < -0.39 is 112 Å². The minimum atomic E-state index is -3.96. The van der Waals surface area contributed by atoms with Crippen molar-refractivity contribution >= 4 is 67.3 Å². The Hall–Kier alpha value is -3.13. The maximum absolute atomic E-state index is 11.0. The van der Waals surface area contributed by atoms with Crippen LogP contribution in [0.3, 0.4) is 0 Å². The molecule has 4 aromatic carbocycles. The van der Waals surface area contributed by atoms with Crippen LogP contribution in [0.1, 0.15) is 0 Å². The van der Waals surface area contributed by atoms with E-state index in [-0.39, 0.29) is 46.0 Å². The molecule has 3 aliphatic rings. The van der Waals surface area contributed by atoms with Crippen LogP contribution in [0.15, 0.2) is 138 Å². The van der Waals surface area contributed by atoms with Crippen molar-refractivity contribution in [2.75, 3.05) is 80.0 Å². The van der Waals surface area contributed by atoms with Gasteiger partial charge in [-0.25, -0.2) is 0 Å². The number of hydrogen-bond acceptors (Lipinski definition) is 29. The van der Waals surface area contributed by atoms with Crippen LogP contribution >= 0.6 is 67.3 Å². The lowest BCUT2D eigenvalue weighted by Crippen LogP contribution is -2.06. The van der Waals surface area contributed by atoms with Gasteiger partial charge in [-0.05, 0) is 97.1 Å². The quantitative estimate of drug-likeness (QED) is 0.0294. The molecule has 3 heterocycles. The molecule has 408 valence electrons. The van der Waals surface area contributed by atoms with Gasteiger partial charge in [0.25, 0.3) is 22.3 Å². The number of phenols is 2. The molecule has 74 heavy (non-hydrogen) atoms. The second kappa shape index (κ2) is 23.9. The largest absolute Gasteiger partial charge is 0.508 e. The van der Waals surface area contributed by atoms with E-state index in [2.05, 4.69) is 36.1 Å². The number of aromatic hydroxyl groups is 2. The summed E-state index contributed by atoms with van der Waals surface area (Å²) in [7, 11) is -27.2. The topological polar surface area (TPSA) is 395 Å². The third kappa shape index (κ3) is 12.9. The first-order chi connectivity index (χ1) is 35.3. The molecule has 0 aliphatic carbocycles. The van der Waals surface area contributed by atoms with Crippen molar-refractivity contribution in [3.05, 3.63) is 97.1 Å². The molecule has 0 bridgehead atoms. The highest BCUT2D eigenvalue weighted by atomic mass is 31.3. The molecule has 0 fully saturated rings. The van der Waals surface area contributed by atoms with Crippen LogP contribution in [-0.2, 0) is 22.6 Å². The van der Waals surface area contributed by atoms with Gasteiger partial charge in [0.15, 0.2) is 0 Å². The van der Waals surface area contributed by atoms with E-state index in [0.29, 0.717) is 0 Å². The maximum Gasteiger partial charge on any atom is 0.399 e. The Labute approximate surface area is 425 Å². The van der Waals surface area contributed by atoms with Crippen molar-refractivity contribution in [3.8, 4) is 46.0 Å². The molecular weight excluding hydrogens is 1160 g/mol. The molecule has 0 radical (unpaired) electrons. The summed E-state index contributed by atoms with van der Waals surface area (Å²) in [4.78, 5) is 0. The molecule has 3 aliphatic heterocycles. The van der Waals surface area contributed by atoms with Crippen molar-refractivity contribution in [3.63, 3.8) is 0 Å². The van der Waals surface area contributed by atoms with Gasteiger partial charge in [-0.15, -0.1) is 13.5 Å². The Morgan fingerprint density at radius 2 is 0.541 bits per heavy atom. The van der Waals surface area contributed by atoms with Gasteiger partial charge in [0.05, 0.1) is 12.7 Å². The zero-order valence-corrected chi connectivity index (χ0v) is 47.8. The van der Waals surface area contributed by atoms with Gasteiger partial charge in [0.2, 0.25) is 14.9 Å². The SMILES string of the molecule is COP1(CO)=NP(CO)(Oc2ccc(OP3(OC)=NP(CO)(OC)=NP(CO)(Oc4ccc(OP5(OC)=NP(CO)(CO)=NP(CO)(Oc6ccc(O)cc6)=N5)cc4)=N3)cc2)=NP(OC)(Oc2ccc(O)cc2)=N1. The highest BCUT2D eigenvalue weighted by molar-refractivity contribution is 7.84. The Morgan fingerprint density at radius 1 is 0.284 bits per heavy atom. The van der Waals surface area contributed by atoms with Gasteiger partial charge in [0, 0.05) is 35.5 Å². The molecule has 0 aromatic heterocycles. The maximum atomic E-state index is 11.0. The molecule has 7 rings (SSSR count). The van der Waals surface area contributed by atoms with Crippen LogP contribution in [0.4, 0.5) is 0 Å². The number of benzene rings is 4. The van der Waals surface area contributed by atoms with E-state index in [4.69, 9.17) is 54.3 Å². The van der Waals surface area contributed by atoms with Crippen LogP contribution in [0.2, 0.25) is 0 Å². The molecular formula is C36H54N9O20P9. The fraction of sp³-hybridized carbons (Fsp3) is 0.333. The van der Waals surface area contributed by atoms with E-state index in [0.717, 1.165) is 0 Å². The van der Waals surface area contributed by atoms with Crippen LogP contribution in [0, 0.1) is 0 Å². The molecule has 0 spiro atoms. The minimum Gasteiger partial charge on any atom is -0.508 e. The fourth-order valence-electron chi connectivity index (χ4n) is 6.35. The summed E-state index contributed by atoms with van der Waals surface area (Å²) in [6.45, 7) is 0. The number of phenolic OH excluding ortho intramolecular Hbond substituents is 2. The second-order valence-electron chi connectivity index (χ2n) is 14.9. The first-order valence-corrected chi connectivity index (χ1v) is 36.7. The summed E-state index contributed by atoms with van der Waals surface area (Å²) >= 11 is 0. The van der Waals surface area contributed by atoms with Crippen LogP contribution in [0.5, 0.6) is 46.0 Å². The van der Waals surface area contributed by atoms with Crippen LogP contribution < -0.4 is 27.1 Å². The van der Waals surface area contributed by atoms with Gasteiger partial charge in [-0.2, -0.15) is 27.1 Å². The molecule has 0 saturated heterocycles. The molecule has 0 amide bonds. The zero-order chi connectivity index (χ0) is 53.5. The molecule has 8 unspecified atom stereocenters. The molecule has 8 atom stereocenters. The van der Waals surface area contributed by atoms with Crippen LogP contribution in [-0.4, -0.2) is 126 Å². The smallest absolute Gasteiger partial charge is 0.399 e. The molecule has 29 nitrogen and oxygen atoms in total. The molecule has 9 N–H and O–H groups in total. The predicted molar refractivity (Wildman–Crippen MR) is 282 cm³/mol. The van der Waals surface area contributed by atoms with Crippen molar-refractivity contribution in [2.24, 2.45) is 40.6 Å². The number of nitrogens with zero attached hydrogens (tertiary/aromatic N) is 9. The first kappa shape index (κ1) is 58.6. The van der Waals surface area contributed by atoms with E-state index in [9.17, 15) is 46.0 Å². The predicted octanol–water partition coefficient (Wildman–Crippen LogP) is 11.5. The Kier molecular flexibility index (Phi) is 18.9. The first-order valence-electron chi connectivity index (χ1n) is 21.0.